The summed E-state index contributed by atoms with van der Waals surface area (Å²) in [5.74, 6) is 0.796. The Labute approximate surface area is 132 Å². The minimum Gasteiger partial charge on any atom is -0.497 e. The van der Waals surface area contributed by atoms with E-state index < -0.39 is 5.97 Å². The Balaban J connectivity index is 2.31. The molecule has 0 atom stereocenters. The van der Waals surface area contributed by atoms with Crippen LogP contribution in [0.4, 0.5) is 0 Å². The second-order valence-corrected chi connectivity index (χ2v) is 4.94. The van der Waals surface area contributed by atoms with Crippen molar-refractivity contribution >= 4 is 23.1 Å². The molecule has 0 amide bonds. The lowest BCUT2D eigenvalue weighted by Crippen LogP contribution is -2.08. The van der Waals surface area contributed by atoms with Gasteiger partial charge in [0, 0.05) is 5.56 Å². The molecule has 0 saturated carbocycles. The number of carbonyl (C=O) groups excluding carboxylic acids is 1. The number of esters is 1. The summed E-state index contributed by atoms with van der Waals surface area (Å²) in [5.41, 5.74) is 1.79. The number of fused-ring (bicyclic) bond motifs is 1. The molecule has 6 heteroatoms. The number of hydrogen-bond donors (Lipinski definition) is 0. The molecular formula is C16H13ClN2O3. The Hall–Kier alpha value is -2.53. The maximum Gasteiger partial charge on any atom is 0.355 e. The van der Waals surface area contributed by atoms with Gasteiger partial charge in [0.2, 0.25) is 0 Å². The van der Waals surface area contributed by atoms with Crippen LogP contribution >= 0.6 is 11.6 Å². The van der Waals surface area contributed by atoms with Gasteiger partial charge in [-0.2, -0.15) is 0 Å². The highest BCUT2D eigenvalue weighted by atomic mass is 35.5. The summed E-state index contributed by atoms with van der Waals surface area (Å²) >= 11 is 6.21. The predicted octanol–water partition coefficient (Wildman–Crippen LogP) is 3.45. The number of aromatic nitrogens is 2. The third kappa shape index (κ3) is 2.29. The van der Waals surface area contributed by atoms with Crippen LogP contribution in [0.5, 0.6) is 5.75 Å². The standard InChI is InChI=1S/C16H13ClN2O3/c1-21-11-6-3-5-10(9-11)15-18-14(17)12-7-4-8-13(19(12)15)16(20)22-2/h3-9H,1-2H3. The van der Waals surface area contributed by atoms with E-state index >= 15 is 0 Å². The van der Waals surface area contributed by atoms with Crippen molar-refractivity contribution in [1.82, 2.24) is 9.38 Å². The van der Waals surface area contributed by atoms with E-state index in [0.29, 0.717) is 27.9 Å². The Bertz CT molecular complexity index is 858. The van der Waals surface area contributed by atoms with Gasteiger partial charge >= 0.3 is 5.97 Å². The van der Waals surface area contributed by atoms with E-state index in [2.05, 4.69) is 4.98 Å². The monoisotopic (exact) mass is 316 g/mol. The Morgan fingerprint density at radius 1 is 1.18 bits per heavy atom. The van der Waals surface area contributed by atoms with E-state index in [1.807, 2.05) is 24.3 Å². The van der Waals surface area contributed by atoms with Crippen LogP contribution in [0.1, 0.15) is 10.5 Å². The fourth-order valence-electron chi connectivity index (χ4n) is 2.32. The Morgan fingerprint density at radius 2 is 1.95 bits per heavy atom. The van der Waals surface area contributed by atoms with Crippen molar-refractivity contribution in [2.45, 2.75) is 0 Å². The van der Waals surface area contributed by atoms with Crippen molar-refractivity contribution in [1.29, 1.82) is 0 Å². The second kappa shape index (κ2) is 5.69. The first-order chi connectivity index (χ1) is 10.7. The van der Waals surface area contributed by atoms with Gasteiger partial charge in [-0.15, -0.1) is 0 Å². The molecule has 0 unspecified atom stereocenters. The molecule has 1 aromatic carbocycles. The van der Waals surface area contributed by atoms with Gasteiger partial charge < -0.3 is 9.47 Å². The highest BCUT2D eigenvalue weighted by molar-refractivity contribution is 6.33. The molecule has 0 aliphatic heterocycles. The molecular weight excluding hydrogens is 304 g/mol. The molecule has 112 valence electrons. The molecule has 0 aliphatic carbocycles. The van der Waals surface area contributed by atoms with Gasteiger partial charge in [-0.25, -0.2) is 9.78 Å². The van der Waals surface area contributed by atoms with E-state index in [0.717, 1.165) is 5.56 Å². The molecule has 0 fully saturated rings. The number of nitrogens with zero attached hydrogens (tertiary/aromatic N) is 2. The van der Waals surface area contributed by atoms with Crippen molar-refractivity contribution in [2.75, 3.05) is 14.2 Å². The van der Waals surface area contributed by atoms with E-state index in [1.165, 1.54) is 7.11 Å². The summed E-state index contributed by atoms with van der Waals surface area (Å²) in [5, 5.41) is 0.323. The van der Waals surface area contributed by atoms with Crippen molar-refractivity contribution < 1.29 is 14.3 Å². The van der Waals surface area contributed by atoms with Crippen LogP contribution in [0.2, 0.25) is 5.15 Å². The van der Waals surface area contributed by atoms with Gasteiger partial charge in [-0.05, 0) is 24.3 Å². The third-order valence-corrected chi connectivity index (χ3v) is 3.62. The summed E-state index contributed by atoms with van der Waals surface area (Å²) in [7, 11) is 2.93. The van der Waals surface area contributed by atoms with Crippen LogP contribution < -0.4 is 4.74 Å². The van der Waals surface area contributed by atoms with E-state index in [4.69, 9.17) is 21.1 Å². The molecule has 22 heavy (non-hydrogen) atoms. The van der Waals surface area contributed by atoms with E-state index in [-0.39, 0.29) is 0 Å². The first-order valence-corrected chi connectivity index (χ1v) is 6.93. The molecule has 0 N–H and O–H groups in total. The molecule has 3 rings (SSSR count). The first-order valence-electron chi connectivity index (χ1n) is 6.55. The van der Waals surface area contributed by atoms with Crippen LogP contribution in [0.25, 0.3) is 16.9 Å². The van der Waals surface area contributed by atoms with Crippen LogP contribution in [0.3, 0.4) is 0 Å². The normalized spacial score (nSPS) is 10.7. The van der Waals surface area contributed by atoms with Crippen LogP contribution in [-0.4, -0.2) is 29.6 Å². The number of ether oxygens (including phenoxy) is 2. The average molecular weight is 317 g/mol. The quantitative estimate of drug-likeness (QED) is 0.694. The lowest BCUT2D eigenvalue weighted by molar-refractivity contribution is 0.0592. The fraction of sp³-hybridized carbons (Fsp3) is 0.125. The molecule has 0 spiro atoms. The maximum absolute atomic E-state index is 12.0. The number of halogens is 1. The average Bonchev–Trinajstić information content (AvgIpc) is 2.91. The minimum atomic E-state index is -0.455. The summed E-state index contributed by atoms with van der Waals surface area (Å²) in [4.78, 5) is 16.4. The third-order valence-electron chi connectivity index (χ3n) is 3.34. The topological polar surface area (TPSA) is 52.8 Å². The zero-order chi connectivity index (χ0) is 15.7. The fourth-order valence-corrected chi connectivity index (χ4v) is 2.55. The molecule has 5 nitrogen and oxygen atoms in total. The van der Waals surface area contributed by atoms with E-state index in [1.54, 1.807) is 29.7 Å². The number of pyridine rings is 1. The Morgan fingerprint density at radius 3 is 2.68 bits per heavy atom. The largest absolute Gasteiger partial charge is 0.497 e. The molecule has 0 saturated heterocycles. The van der Waals surface area contributed by atoms with Gasteiger partial charge in [0.15, 0.2) is 5.15 Å². The summed E-state index contributed by atoms with van der Waals surface area (Å²) < 4.78 is 11.7. The molecule has 0 aliphatic rings. The molecule has 0 bridgehead atoms. The van der Waals surface area contributed by atoms with Gasteiger partial charge in [0.25, 0.3) is 0 Å². The summed E-state index contributed by atoms with van der Waals surface area (Å²) in [6, 6.07) is 12.6. The molecule has 3 aromatic rings. The molecule has 2 heterocycles. The molecule has 0 radical (unpaired) electrons. The van der Waals surface area contributed by atoms with Crippen molar-refractivity contribution in [2.24, 2.45) is 0 Å². The van der Waals surface area contributed by atoms with Crippen LogP contribution in [0, 0.1) is 0 Å². The van der Waals surface area contributed by atoms with Crippen molar-refractivity contribution in [3.63, 3.8) is 0 Å². The van der Waals surface area contributed by atoms with Gasteiger partial charge in [0.1, 0.15) is 17.3 Å². The number of imidazole rings is 1. The number of methoxy groups -OCH3 is 2. The van der Waals surface area contributed by atoms with Crippen LogP contribution in [-0.2, 0) is 4.74 Å². The number of rotatable bonds is 3. The summed E-state index contributed by atoms with van der Waals surface area (Å²) in [6.45, 7) is 0. The predicted molar refractivity (Wildman–Crippen MR) is 83.5 cm³/mol. The van der Waals surface area contributed by atoms with Crippen molar-refractivity contribution in [3.8, 4) is 17.1 Å². The second-order valence-electron chi connectivity index (χ2n) is 4.58. The summed E-state index contributed by atoms with van der Waals surface area (Å²) in [6.07, 6.45) is 0. The number of carbonyl (C=O) groups is 1. The van der Waals surface area contributed by atoms with Crippen LogP contribution in [0.15, 0.2) is 42.5 Å². The smallest absolute Gasteiger partial charge is 0.355 e. The lowest BCUT2D eigenvalue weighted by atomic mass is 10.2. The first kappa shape index (κ1) is 14.4. The van der Waals surface area contributed by atoms with Gasteiger partial charge in [0.05, 0.1) is 19.7 Å². The zero-order valence-electron chi connectivity index (χ0n) is 12.0. The number of hydrogen-bond acceptors (Lipinski definition) is 4. The minimum absolute atomic E-state index is 0.323. The lowest BCUT2D eigenvalue weighted by Gasteiger charge is -2.08. The molecule has 2 aromatic heterocycles. The van der Waals surface area contributed by atoms with E-state index in [9.17, 15) is 4.79 Å². The SMILES string of the molecule is COC(=O)c1cccc2c(Cl)nc(-c3cccc(OC)c3)n12. The Kier molecular flexibility index (Phi) is 3.73. The van der Waals surface area contributed by atoms with Gasteiger partial charge in [-0.1, -0.05) is 29.8 Å². The maximum atomic E-state index is 12.0. The zero-order valence-corrected chi connectivity index (χ0v) is 12.8. The highest BCUT2D eigenvalue weighted by Gasteiger charge is 2.18. The van der Waals surface area contributed by atoms with Gasteiger partial charge in [-0.3, -0.25) is 4.40 Å². The highest BCUT2D eigenvalue weighted by Crippen LogP contribution is 2.29. The van der Waals surface area contributed by atoms with Crippen molar-refractivity contribution in [3.05, 3.63) is 53.3 Å². The number of benzene rings is 1.